The smallest absolute Gasteiger partial charge is 0.327 e. The van der Waals surface area contributed by atoms with Crippen molar-refractivity contribution in [1.29, 1.82) is 0 Å². The highest BCUT2D eigenvalue weighted by Gasteiger charge is 2.26. The van der Waals surface area contributed by atoms with Gasteiger partial charge in [-0.2, -0.15) is 0 Å². The Morgan fingerprint density at radius 1 is 0.812 bits per heavy atom. The number of benzene rings is 2. The van der Waals surface area contributed by atoms with Crippen LogP contribution in [0.4, 0.5) is 0 Å². The second-order valence-corrected chi connectivity index (χ2v) is 8.17. The largest absolute Gasteiger partial charge is 0.336 e. The molecule has 8 heteroatoms. The van der Waals surface area contributed by atoms with Crippen LogP contribution in [-0.4, -0.2) is 62.5 Å². The number of fused-ring (bicyclic) bond motifs is 1. The molecule has 2 aromatic heterocycles. The standard InChI is InChI=1S/C24H26N6O2/c31-23-20-22(27-24(32)28-23)26-19(25-20)11-12-29-13-15-30(16-14-29)21(17-7-3-1-4-8-17)18-9-5-2-6-10-18/h1-10,21H,11-16H2,(H3,25,26,27,28,31,32). The van der Waals surface area contributed by atoms with Crippen molar-refractivity contribution in [2.24, 2.45) is 0 Å². The second-order valence-electron chi connectivity index (χ2n) is 8.17. The van der Waals surface area contributed by atoms with Gasteiger partial charge >= 0.3 is 5.69 Å². The molecule has 164 valence electrons. The molecule has 0 unspecified atom stereocenters. The first-order chi connectivity index (χ1) is 15.7. The van der Waals surface area contributed by atoms with Crippen LogP contribution in [0, 0.1) is 0 Å². The molecule has 1 fully saturated rings. The predicted molar refractivity (Wildman–Crippen MR) is 124 cm³/mol. The van der Waals surface area contributed by atoms with E-state index in [1.807, 2.05) is 0 Å². The minimum Gasteiger partial charge on any atom is -0.336 e. The normalized spacial score (nSPS) is 15.5. The summed E-state index contributed by atoms with van der Waals surface area (Å²) >= 11 is 0. The van der Waals surface area contributed by atoms with Crippen molar-refractivity contribution in [1.82, 2.24) is 29.7 Å². The number of aromatic nitrogens is 4. The van der Waals surface area contributed by atoms with Crippen LogP contribution in [0.3, 0.4) is 0 Å². The zero-order valence-corrected chi connectivity index (χ0v) is 17.8. The zero-order chi connectivity index (χ0) is 21.9. The molecule has 0 radical (unpaired) electrons. The van der Waals surface area contributed by atoms with E-state index in [0.717, 1.165) is 32.7 Å². The molecule has 3 heterocycles. The van der Waals surface area contributed by atoms with E-state index in [0.29, 0.717) is 23.4 Å². The van der Waals surface area contributed by atoms with Gasteiger partial charge in [-0.1, -0.05) is 60.7 Å². The van der Waals surface area contributed by atoms with Crippen molar-refractivity contribution in [3.63, 3.8) is 0 Å². The molecule has 0 aliphatic carbocycles. The molecule has 5 rings (SSSR count). The van der Waals surface area contributed by atoms with Gasteiger partial charge in [0.2, 0.25) is 0 Å². The summed E-state index contributed by atoms with van der Waals surface area (Å²) in [5.41, 5.74) is 2.28. The molecule has 1 aliphatic rings. The van der Waals surface area contributed by atoms with Crippen molar-refractivity contribution < 1.29 is 0 Å². The fourth-order valence-electron chi connectivity index (χ4n) is 4.49. The highest BCUT2D eigenvalue weighted by molar-refractivity contribution is 5.68. The van der Waals surface area contributed by atoms with Gasteiger partial charge in [0, 0.05) is 39.1 Å². The molecule has 1 aliphatic heterocycles. The fraction of sp³-hybridized carbons (Fsp3) is 0.292. The molecule has 0 bridgehead atoms. The number of hydrogen-bond donors (Lipinski definition) is 3. The number of aromatic amines is 3. The van der Waals surface area contributed by atoms with Crippen LogP contribution in [0.5, 0.6) is 0 Å². The Kier molecular flexibility index (Phi) is 5.70. The maximum Gasteiger partial charge on any atom is 0.327 e. The topological polar surface area (TPSA) is 101 Å². The molecule has 1 saturated heterocycles. The molecule has 0 saturated carbocycles. The molecular formula is C24H26N6O2. The van der Waals surface area contributed by atoms with Crippen LogP contribution in [-0.2, 0) is 6.42 Å². The summed E-state index contributed by atoms with van der Waals surface area (Å²) in [7, 11) is 0. The average Bonchev–Trinajstić information content (AvgIpc) is 3.23. The molecule has 32 heavy (non-hydrogen) atoms. The van der Waals surface area contributed by atoms with E-state index in [4.69, 9.17) is 0 Å². The molecule has 4 aromatic rings. The Balaban J connectivity index is 1.25. The molecule has 8 nitrogen and oxygen atoms in total. The lowest BCUT2D eigenvalue weighted by molar-refractivity contribution is 0.110. The Bertz CT molecular complexity index is 1250. The first-order valence-corrected chi connectivity index (χ1v) is 10.9. The maximum absolute atomic E-state index is 11.9. The third kappa shape index (κ3) is 4.28. The van der Waals surface area contributed by atoms with Crippen LogP contribution in [0.15, 0.2) is 70.3 Å². The molecule has 0 atom stereocenters. The van der Waals surface area contributed by atoms with Gasteiger partial charge in [-0.25, -0.2) is 9.78 Å². The number of H-pyrrole nitrogens is 3. The Morgan fingerprint density at radius 2 is 1.44 bits per heavy atom. The molecular weight excluding hydrogens is 404 g/mol. The minimum atomic E-state index is -0.539. The number of nitrogens with zero attached hydrogens (tertiary/aromatic N) is 3. The van der Waals surface area contributed by atoms with Crippen LogP contribution in [0.25, 0.3) is 11.2 Å². The van der Waals surface area contributed by atoms with Crippen LogP contribution < -0.4 is 11.2 Å². The molecule has 0 amide bonds. The van der Waals surface area contributed by atoms with Gasteiger partial charge in [-0.3, -0.25) is 19.7 Å². The van der Waals surface area contributed by atoms with E-state index in [2.05, 4.69) is 90.4 Å². The van der Waals surface area contributed by atoms with Crippen molar-refractivity contribution in [2.75, 3.05) is 32.7 Å². The number of piperazine rings is 1. The minimum absolute atomic E-state index is 0.249. The summed E-state index contributed by atoms with van der Waals surface area (Å²) in [6.07, 6.45) is 0.691. The molecule has 0 spiro atoms. The van der Waals surface area contributed by atoms with E-state index in [-0.39, 0.29) is 6.04 Å². The van der Waals surface area contributed by atoms with Gasteiger partial charge in [0.1, 0.15) is 11.3 Å². The third-order valence-electron chi connectivity index (χ3n) is 6.11. The number of hydrogen-bond acceptors (Lipinski definition) is 5. The quantitative estimate of drug-likeness (QED) is 0.434. The number of imidazole rings is 1. The highest BCUT2D eigenvalue weighted by atomic mass is 16.2. The Morgan fingerprint density at radius 3 is 2.06 bits per heavy atom. The van der Waals surface area contributed by atoms with E-state index >= 15 is 0 Å². The fourth-order valence-corrected chi connectivity index (χ4v) is 4.49. The van der Waals surface area contributed by atoms with E-state index in [9.17, 15) is 9.59 Å². The van der Waals surface area contributed by atoms with E-state index in [1.54, 1.807) is 0 Å². The summed E-state index contributed by atoms with van der Waals surface area (Å²) in [4.78, 5) is 40.5. The summed E-state index contributed by atoms with van der Waals surface area (Å²) in [5.74, 6) is 0.709. The first-order valence-electron chi connectivity index (χ1n) is 10.9. The summed E-state index contributed by atoms with van der Waals surface area (Å²) in [6.45, 7) is 4.72. The van der Waals surface area contributed by atoms with Crippen molar-refractivity contribution in [3.8, 4) is 0 Å². The number of rotatable bonds is 6. The molecule has 2 aromatic carbocycles. The average molecular weight is 431 g/mol. The summed E-state index contributed by atoms with van der Waals surface area (Å²) < 4.78 is 0. The van der Waals surface area contributed by atoms with Crippen LogP contribution >= 0.6 is 0 Å². The Labute approximate surface area is 184 Å². The zero-order valence-electron chi connectivity index (χ0n) is 17.8. The molecule has 3 N–H and O–H groups in total. The first kappa shape index (κ1) is 20.4. The van der Waals surface area contributed by atoms with Gasteiger partial charge in [0.25, 0.3) is 5.56 Å². The van der Waals surface area contributed by atoms with Crippen molar-refractivity contribution in [3.05, 3.63) is 98.5 Å². The van der Waals surface area contributed by atoms with Crippen LogP contribution in [0.2, 0.25) is 0 Å². The van der Waals surface area contributed by atoms with Crippen molar-refractivity contribution >= 4 is 11.2 Å². The lowest BCUT2D eigenvalue weighted by Crippen LogP contribution is -2.48. The number of nitrogens with one attached hydrogen (secondary N) is 3. The van der Waals surface area contributed by atoms with E-state index < -0.39 is 11.2 Å². The van der Waals surface area contributed by atoms with Gasteiger partial charge < -0.3 is 9.88 Å². The van der Waals surface area contributed by atoms with Crippen molar-refractivity contribution in [2.45, 2.75) is 12.5 Å². The predicted octanol–water partition coefficient (Wildman–Crippen LogP) is 1.89. The summed E-state index contributed by atoms with van der Waals surface area (Å²) in [5, 5.41) is 0. The van der Waals surface area contributed by atoms with Gasteiger partial charge in [0.05, 0.1) is 6.04 Å². The van der Waals surface area contributed by atoms with Crippen LogP contribution in [0.1, 0.15) is 23.0 Å². The highest BCUT2D eigenvalue weighted by Crippen LogP contribution is 2.29. The third-order valence-corrected chi connectivity index (χ3v) is 6.11. The van der Waals surface area contributed by atoms with Gasteiger partial charge in [-0.15, -0.1) is 0 Å². The maximum atomic E-state index is 11.9. The second kappa shape index (κ2) is 8.94. The summed E-state index contributed by atoms with van der Waals surface area (Å²) in [6, 6.07) is 21.6. The lowest BCUT2D eigenvalue weighted by atomic mass is 9.96. The SMILES string of the molecule is O=c1[nH]c(=O)c2[nH]c(CCN3CCN(C(c4ccccc4)c4ccccc4)CC3)nc2[nH]1. The lowest BCUT2D eigenvalue weighted by Gasteiger charge is -2.39. The van der Waals surface area contributed by atoms with Gasteiger partial charge in [0.15, 0.2) is 5.65 Å². The monoisotopic (exact) mass is 430 g/mol. The Hall–Kier alpha value is -3.49. The van der Waals surface area contributed by atoms with E-state index in [1.165, 1.54) is 11.1 Å². The van der Waals surface area contributed by atoms with Gasteiger partial charge in [-0.05, 0) is 11.1 Å².